The Kier molecular flexibility index (Phi) is 7.53. The normalized spacial score (nSPS) is 11.8. The van der Waals surface area contributed by atoms with E-state index in [1.165, 1.54) is 30.0 Å². The second-order valence-corrected chi connectivity index (χ2v) is 8.35. The Hall–Kier alpha value is -2.62. The van der Waals surface area contributed by atoms with Crippen LogP contribution in [0.25, 0.3) is 0 Å². The number of nitrogens with zero attached hydrogens (tertiary/aromatic N) is 3. The Morgan fingerprint density at radius 2 is 1.87 bits per heavy atom. The van der Waals surface area contributed by atoms with E-state index in [4.69, 9.17) is 23.2 Å². The number of amides is 2. The average molecular weight is 482 g/mol. The molecule has 11 heteroatoms. The van der Waals surface area contributed by atoms with Crippen molar-refractivity contribution in [2.45, 2.75) is 18.1 Å². The molecule has 0 saturated carbocycles. The number of rotatable bonds is 7. The van der Waals surface area contributed by atoms with Gasteiger partial charge >= 0.3 is 0 Å². The molecule has 1 heterocycles. The number of anilines is 1. The van der Waals surface area contributed by atoms with E-state index in [1.807, 2.05) is 0 Å². The van der Waals surface area contributed by atoms with Crippen LogP contribution in [-0.2, 0) is 11.8 Å². The minimum atomic E-state index is -0.557. The number of nitrogens with one attached hydrogen (secondary N) is 2. The van der Waals surface area contributed by atoms with Crippen molar-refractivity contribution in [3.8, 4) is 0 Å². The smallest absolute Gasteiger partial charge is 0.251 e. The second kappa shape index (κ2) is 10.1. The summed E-state index contributed by atoms with van der Waals surface area (Å²) >= 11 is 12.7. The van der Waals surface area contributed by atoms with Crippen molar-refractivity contribution >= 4 is 52.5 Å². The van der Waals surface area contributed by atoms with Crippen molar-refractivity contribution in [2.75, 3.05) is 11.1 Å². The molecule has 0 aliphatic rings. The molecule has 0 aliphatic carbocycles. The summed E-state index contributed by atoms with van der Waals surface area (Å²) in [6.45, 7) is 1.79. The van der Waals surface area contributed by atoms with E-state index in [1.54, 1.807) is 42.8 Å². The molecular weight excluding hydrogens is 464 g/mol. The van der Waals surface area contributed by atoms with Crippen LogP contribution in [0.1, 0.15) is 29.1 Å². The molecule has 2 aromatic carbocycles. The first-order chi connectivity index (χ1) is 14.7. The Labute approximate surface area is 192 Å². The standard InChI is InChI=1S/C20H18Cl2FN5O2S/c1-11(24-19(30)12-3-5-13(21)6-4-12)18-26-27-20(28(18)2)31-10-17(29)25-14-7-8-16(23)15(22)9-14/h3-9,11H,10H2,1-2H3,(H,24,30)(H,25,29)/t11-/m0/s1. The molecule has 3 rings (SSSR count). The quantitative estimate of drug-likeness (QED) is 0.485. The summed E-state index contributed by atoms with van der Waals surface area (Å²) in [5, 5.41) is 14.7. The number of hydrogen-bond donors (Lipinski definition) is 2. The highest BCUT2D eigenvalue weighted by Gasteiger charge is 2.19. The molecule has 1 atom stereocenters. The second-order valence-electron chi connectivity index (χ2n) is 6.57. The number of carbonyl (C=O) groups excluding carboxylic acids is 2. The summed E-state index contributed by atoms with van der Waals surface area (Å²) in [4.78, 5) is 24.6. The zero-order valence-electron chi connectivity index (χ0n) is 16.5. The van der Waals surface area contributed by atoms with Crippen LogP contribution in [0.3, 0.4) is 0 Å². The number of benzene rings is 2. The summed E-state index contributed by atoms with van der Waals surface area (Å²) in [5.41, 5.74) is 0.875. The molecule has 31 heavy (non-hydrogen) atoms. The molecule has 0 bridgehead atoms. The van der Waals surface area contributed by atoms with Gasteiger partial charge in [-0.1, -0.05) is 35.0 Å². The maximum atomic E-state index is 13.2. The third-order valence-corrected chi connectivity index (χ3v) is 5.81. The summed E-state index contributed by atoms with van der Waals surface area (Å²) in [6, 6.07) is 10.1. The largest absolute Gasteiger partial charge is 0.342 e. The van der Waals surface area contributed by atoms with Crippen molar-refractivity contribution in [3.05, 3.63) is 69.7 Å². The molecule has 0 fully saturated rings. The van der Waals surface area contributed by atoms with Crippen LogP contribution in [0.4, 0.5) is 10.1 Å². The maximum absolute atomic E-state index is 13.2. The first-order valence-electron chi connectivity index (χ1n) is 9.08. The molecule has 2 N–H and O–H groups in total. The van der Waals surface area contributed by atoms with E-state index in [9.17, 15) is 14.0 Å². The average Bonchev–Trinajstić information content (AvgIpc) is 3.10. The van der Waals surface area contributed by atoms with Crippen LogP contribution in [0.2, 0.25) is 10.0 Å². The van der Waals surface area contributed by atoms with Crippen LogP contribution in [-0.4, -0.2) is 32.3 Å². The molecule has 3 aromatic rings. The van der Waals surface area contributed by atoms with Crippen LogP contribution < -0.4 is 10.6 Å². The zero-order chi connectivity index (χ0) is 22.5. The number of hydrogen-bond acceptors (Lipinski definition) is 5. The summed E-state index contributed by atoms with van der Waals surface area (Å²) < 4.78 is 14.9. The predicted octanol–water partition coefficient (Wildman–Crippen LogP) is 4.48. The van der Waals surface area contributed by atoms with Crippen LogP contribution in [0, 0.1) is 5.82 Å². The van der Waals surface area contributed by atoms with Gasteiger partial charge in [0, 0.05) is 23.3 Å². The number of thioether (sulfide) groups is 1. The van der Waals surface area contributed by atoms with E-state index in [0.717, 1.165) is 0 Å². The lowest BCUT2D eigenvalue weighted by Gasteiger charge is -2.13. The third-order valence-electron chi connectivity index (χ3n) is 4.25. The van der Waals surface area contributed by atoms with Crippen LogP contribution in [0.15, 0.2) is 47.6 Å². The topological polar surface area (TPSA) is 88.9 Å². The lowest BCUT2D eigenvalue weighted by atomic mass is 10.2. The lowest BCUT2D eigenvalue weighted by molar-refractivity contribution is -0.113. The molecule has 7 nitrogen and oxygen atoms in total. The number of aromatic nitrogens is 3. The molecule has 0 radical (unpaired) electrons. The summed E-state index contributed by atoms with van der Waals surface area (Å²) in [5.74, 6) is -0.527. The highest BCUT2D eigenvalue weighted by atomic mass is 35.5. The fourth-order valence-electron chi connectivity index (χ4n) is 2.68. The Bertz CT molecular complexity index is 1110. The molecule has 0 unspecified atom stereocenters. The molecule has 0 spiro atoms. The third kappa shape index (κ3) is 5.96. The van der Waals surface area contributed by atoms with Gasteiger partial charge in [-0.25, -0.2) is 4.39 Å². The van der Waals surface area contributed by atoms with Gasteiger partial charge in [0.1, 0.15) is 5.82 Å². The zero-order valence-corrected chi connectivity index (χ0v) is 18.9. The maximum Gasteiger partial charge on any atom is 0.251 e. The highest BCUT2D eigenvalue weighted by molar-refractivity contribution is 7.99. The summed E-state index contributed by atoms with van der Waals surface area (Å²) in [6.07, 6.45) is 0. The van der Waals surface area contributed by atoms with E-state index in [-0.39, 0.29) is 22.6 Å². The van der Waals surface area contributed by atoms with Gasteiger partial charge in [0.05, 0.1) is 16.8 Å². The van der Waals surface area contributed by atoms with Crippen LogP contribution >= 0.6 is 35.0 Å². The first-order valence-corrected chi connectivity index (χ1v) is 10.8. The molecule has 1 aromatic heterocycles. The predicted molar refractivity (Wildman–Crippen MR) is 119 cm³/mol. The molecule has 0 aliphatic heterocycles. The van der Waals surface area contributed by atoms with Gasteiger partial charge in [0.2, 0.25) is 5.91 Å². The van der Waals surface area contributed by atoms with E-state index >= 15 is 0 Å². The van der Waals surface area contributed by atoms with E-state index in [0.29, 0.717) is 27.3 Å². The van der Waals surface area contributed by atoms with Gasteiger partial charge in [-0.3, -0.25) is 9.59 Å². The van der Waals surface area contributed by atoms with Gasteiger partial charge < -0.3 is 15.2 Å². The van der Waals surface area contributed by atoms with Crippen LogP contribution in [0.5, 0.6) is 0 Å². The van der Waals surface area contributed by atoms with Gasteiger partial charge in [0.15, 0.2) is 11.0 Å². The van der Waals surface area contributed by atoms with Gasteiger partial charge in [-0.15, -0.1) is 10.2 Å². The molecule has 162 valence electrons. The van der Waals surface area contributed by atoms with Crippen molar-refractivity contribution < 1.29 is 14.0 Å². The molecule has 2 amide bonds. The number of halogens is 3. The Balaban J connectivity index is 1.57. The summed E-state index contributed by atoms with van der Waals surface area (Å²) in [7, 11) is 1.75. The van der Waals surface area contributed by atoms with Crippen molar-refractivity contribution in [3.63, 3.8) is 0 Å². The van der Waals surface area contributed by atoms with Crippen molar-refractivity contribution in [1.29, 1.82) is 0 Å². The fraction of sp³-hybridized carbons (Fsp3) is 0.200. The van der Waals surface area contributed by atoms with Crippen molar-refractivity contribution in [1.82, 2.24) is 20.1 Å². The van der Waals surface area contributed by atoms with Crippen molar-refractivity contribution in [2.24, 2.45) is 7.05 Å². The lowest BCUT2D eigenvalue weighted by Crippen LogP contribution is -2.28. The molecular formula is C20H18Cl2FN5O2S. The SMILES string of the molecule is C[C@H](NC(=O)c1ccc(Cl)cc1)c1nnc(SCC(=O)Nc2ccc(F)c(Cl)c2)n1C. The first kappa shape index (κ1) is 23.1. The van der Waals surface area contributed by atoms with Gasteiger partial charge in [-0.2, -0.15) is 0 Å². The van der Waals surface area contributed by atoms with E-state index < -0.39 is 11.9 Å². The Morgan fingerprint density at radius 3 is 2.55 bits per heavy atom. The monoisotopic (exact) mass is 481 g/mol. The fourth-order valence-corrected chi connectivity index (χ4v) is 3.70. The Morgan fingerprint density at radius 1 is 1.16 bits per heavy atom. The minimum Gasteiger partial charge on any atom is -0.342 e. The van der Waals surface area contributed by atoms with Gasteiger partial charge in [-0.05, 0) is 49.4 Å². The number of carbonyl (C=O) groups is 2. The van der Waals surface area contributed by atoms with Gasteiger partial charge in [0.25, 0.3) is 5.91 Å². The van der Waals surface area contributed by atoms with E-state index in [2.05, 4.69) is 20.8 Å². The molecule has 0 saturated heterocycles. The highest BCUT2D eigenvalue weighted by Crippen LogP contribution is 2.22. The minimum absolute atomic E-state index is 0.0620.